The second-order valence-corrected chi connectivity index (χ2v) is 2.78. The highest BCUT2D eigenvalue weighted by atomic mass is 19.2. The summed E-state index contributed by atoms with van der Waals surface area (Å²) in [4.78, 5) is 0.904. The van der Waals surface area contributed by atoms with Crippen molar-refractivity contribution < 1.29 is 13.2 Å². The second kappa shape index (κ2) is 3.26. The lowest BCUT2D eigenvalue weighted by Gasteiger charge is -2.01. The second-order valence-electron chi connectivity index (χ2n) is 2.78. The molecule has 78 valence electrons. The molecule has 2 aromatic rings. The SMILES string of the molecule is Nc1cnn(-c2cc(F)c(F)c(F)c2)n1. The standard InChI is InChI=1S/C8H5F3N4/c9-5-1-4(2-6(10)8(5)11)15-13-3-7(12)14-15/h1-3H,(H2,12,14). The molecule has 1 aromatic carbocycles. The van der Waals surface area contributed by atoms with Gasteiger partial charge in [0.2, 0.25) is 0 Å². The fourth-order valence-corrected chi connectivity index (χ4v) is 1.06. The number of hydrogen-bond acceptors (Lipinski definition) is 3. The van der Waals surface area contributed by atoms with Crippen molar-refractivity contribution in [2.24, 2.45) is 0 Å². The Labute approximate surface area is 82.1 Å². The van der Waals surface area contributed by atoms with E-state index in [9.17, 15) is 13.2 Å². The topological polar surface area (TPSA) is 56.7 Å². The Kier molecular flexibility index (Phi) is 2.07. The fourth-order valence-electron chi connectivity index (χ4n) is 1.06. The van der Waals surface area contributed by atoms with Gasteiger partial charge in [0.05, 0.1) is 11.9 Å². The molecule has 0 spiro atoms. The molecule has 1 aromatic heterocycles. The van der Waals surface area contributed by atoms with Crippen LogP contribution in [0.3, 0.4) is 0 Å². The lowest BCUT2D eigenvalue weighted by molar-refractivity contribution is 0.445. The van der Waals surface area contributed by atoms with Crippen LogP contribution in [0.15, 0.2) is 18.3 Å². The number of nitrogens with two attached hydrogens (primary N) is 1. The minimum absolute atomic E-state index is 0.0388. The molecule has 0 fully saturated rings. The van der Waals surface area contributed by atoms with E-state index in [-0.39, 0.29) is 11.5 Å². The molecule has 2 N–H and O–H groups in total. The van der Waals surface area contributed by atoms with Gasteiger partial charge in [0.25, 0.3) is 0 Å². The molecule has 0 saturated carbocycles. The molecular formula is C8H5F3N4. The van der Waals surface area contributed by atoms with Crippen molar-refractivity contribution in [1.82, 2.24) is 15.0 Å². The van der Waals surface area contributed by atoms with Gasteiger partial charge in [0.15, 0.2) is 23.3 Å². The molecule has 0 aliphatic carbocycles. The largest absolute Gasteiger partial charge is 0.381 e. The first-order chi connectivity index (χ1) is 7.08. The van der Waals surface area contributed by atoms with Gasteiger partial charge in [-0.15, -0.1) is 9.90 Å². The van der Waals surface area contributed by atoms with Crippen LogP contribution in [0.4, 0.5) is 19.0 Å². The fraction of sp³-hybridized carbons (Fsp3) is 0. The van der Waals surface area contributed by atoms with Gasteiger partial charge >= 0.3 is 0 Å². The Morgan fingerprint density at radius 3 is 2.20 bits per heavy atom. The third-order valence-corrected chi connectivity index (χ3v) is 1.71. The van der Waals surface area contributed by atoms with E-state index in [0.29, 0.717) is 0 Å². The summed E-state index contributed by atoms with van der Waals surface area (Å²) >= 11 is 0. The van der Waals surface area contributed by atoms with Crippen molar-refractivity contribution in [2.45, 2.75) is 0 Å². The Hall–Kier alpha value is -2.05. The minimum atomic E-state index is -1.53. The van der Waals surface area contributed by atoms with Crippen LogP contribution in [-0.4, -0.2) is 15.0 Å². The maximum Gasteiger partial charge on any atom is 0.194 e. The van der Waals surface area contributed by atoms with Crippen molar-refractivity contribution in [3.05, 3.63) is 35.8 Å². The number of nitrogen functional groups attached to an aromatic ring is 1. The number of anilines is 1. The number of hydrogen-bond donors (Lipinski definition) is 1. The molecule has 0 aliphatic heterocycles. The van der Waals surface area contributed by atoms with Crippen molar-refractivity contribution >= 4 is 5.82 Å². The van der Waals surface area contributed by atoms with Crippen molar-refractivity contribution in [3.8, 4) is 5.69 Å². The molecule has 0 amide bonds. The molecule has 15 heavy (non-hydrogen) atoms. The Morgan fingerprint density at radius 2 is 1.73 bits per heavy atom. The van der Waals surface area contributed by atoms with E-state index < -0.39 is 17.5 Å². The van der Waals surface area contributed by atoms with Gasteiger partial charge in [-0.25, -0.2) is 13.2 Å². The molecule has 0 aliphatic rings. The van der Waals surface area contributed by atoms with Crippen LogP contribution in [0.2, 0.25) is 0 Å². The number of halogens is 3. The quantitative estimate of drug-likeness (QED) is 0.727. The minimum Gasteiger partial charge on any atom is -0.381 e. The van der Waals surface area contributed by atoms with Gasteiger partial charge in [-0.05, 0) is 0 Å². The summed E-state index contributed by atoms with van der Waals surface area (Å²) in [6, 6.07) is 1.55. The highest BCUT2D eigenvalue weighted by Crippen LogP contribution is 2.15. The average Bonchev–Trinajstić information content (AvgIpc) is 2.60. The van der Waals surface area contributed by atoms with Crippen LogP contribution in [-0.2, 0) is 0 Å². The summed E-state index contributed by atoms with van der Waals surface area (Å²) < 4.78 is 38.2. The Morgan fingerprint density at radius 1 is 1.13 bits per heavy atom. The predicted molar refractivity (Wildman–Crippen MR) is 45.6 cm³/mol. The van der Waals surface area contributed by atoms with E-state index in [0.717, 1.165) is 16.9 Å². The molecule has 0 saturated heterocycles. The van der Waals surface area contributed by atoms with E-state index in [1.165, 1.54) is 6.20 Å². The van der Waals surface area contributed by atoms with E-state index >= 15 is 0 Å². The number of rotatable bonds is 1. The predicted octanol–water partition coefficient (Wildman–Crippen LogP) is 1.27. The van der Waals surface area contributed by atoms with Crippen LogP contribution in [0.25, 0.3) is 5.69 Å². The van der Waals surface area contributed by atoms with Gasteiger partial charge in [-0.3, -0.25) is 0 Å². The van der Waals surface area contributed by atoms with Gasteiger partial charge in [-0.2, -0.15) is 5.10 Å². The maximum atomic E-state index is 12.8. The summed E-state index contributed by atoms with van der Waals surface area (Å²) in [5.41, 5.74) is 5.23. The normalized spacial score (nSPS) is 10.6. The molecule has 4 nitrogen and oxygen atoms in total. The van der Waals surface area contributed by atoms with Gasteiger partial charge in [0.1, 0.15) is 0 Å². The first kappa shape index (κ1) is 9.50. The van der Waals surface area contributed by atoms with Gasteiger partial charge in [0, 0.05) is 12.1 Å². The summed E-state index contributed by atoms with van der Waals surface area (Å²) in [6.45, 7) is 0. The molecule has 0 bridgehead atoms. The van der Waals surface area contributed by atoms with Crippen LogP contribution in [0, 0.1) is 17.5 Å². The molecular weight excluding hydrogens is 209 g/mol. The highest BCUT2D eigenvalue weighted by Gasteiger charge is 2.12. The third-order valence-electron chi connectivity index (χ3n) is 1.71. The molecule has 0 unspecified atom stereocenters. The van der Waals surface area contributed by atoms with Crippen LogP contribution >= 0.6 is 0 Å². The van der Waals surface area contributed by atoms with Gasteiger partial charge < -0.3 is 5.73 Å². The first-order valence-corrected chi connectivity index (χ1v) is 3.90. The number of nitrogens with zero attached hydrogens (tertiary/aromatic N) is 3. The number of aromatic nitrogens is 3. The zero-order valence-electron chi connectivity index (χ0n) is 7.28. The molecule has 1 heterocycles. The van der Waals surface area contributed by atoms with Gasteiger partial charge in [-0.1, -0.05) is 0 Å². The van der Waals surface area contributed by atoms with Crippen molar-refractivity contribution in [1.29, 1.82) is 0 Å². The average molecular weight is 214 g/mol. The van der Waals surface area contributed by atoms with Crippen LogP contribution in [0.5, 0.6) is 0 Å². The maximum absolute atomic E-state index is 12.8. The van der Waals surface area contributed by atoms with Crippen LogP contribution < -0.4 is 5.73 Å². The molecule has 0 radical (unpaired) electrons. The zero-order valence-corrected chi connectivity index (χ0v) is 7.28. The lowest BCUT2D eigenvalue weighted by atomic mass is 10.3. The molecule has 7 heteroatoms. The summed E-state index contributed by atoms with van der Waals surface area (Å²) in [7, 11) is 0. The van der Waals surface area contributed by atoms with E-state index in [1.54, 1.807) is 0 Å². The first-order valence-electron chi connectivity index (χ1n) is 3.90. The monoisotopic (exact) mass is 214 g/mol. The highest BCUT2D eigenvalue weighted by molar-refractivity contribution is 5.33. The molecule has 2 rings (SSSR count). The zero-order chi connectivity index (χ0) is 11.0. The smallest absolute Gasteiger partial charge is 0.194 e. The van der Waals surface area contributed by atoms with E-state index in [1.807, 2.05) is 0 Å². The summed E-state index contributed by atoms with van der Waals surface area (Å²) in [5.74, 6) is -4.04. The van der Waals surface area contributed by atoms with Crippen molar-refractivity contribution in [3.63, 3.8) is 0 Å². The van der Waals surface area contributed by atoms with Crippen LogP contribution in [0.1, 0.15) is 0 Å². The molecule has 0 atom stereocenters. The third kappa shape index (κ3) is 1.63. The Bertz CT molecular complexity index is 485. The van der Waals surface area contributed by atoms with Crippen molar-refractivity contribution in [2.75, 3.05) is 5.73 Å². The lowest BCUT2D eigenvalue weighted by Crippen LogP contribution is -2.02. The van der Waals surface area contributed by atoms with E-state index in [4.69, 9.17) is 5.73 Å². The summed E-state index contributed by atoms with van der Waals surface area (Å²) in [6.07, 6.45) is 1.21. The Balaban J connectivity index is 2.55. The van der Waals surface area contributed by atoms with E-state index in [2.05, 4.69) is 10.2 Å². The summed E-state index contributed by atoms with van der Waals surface area (Å²) in [5, 5.41) is 7.24. The number of benzene rings is 1.